The molecule has 3 nitrogen and oxygen atoms in total. The molecule has 1 saturated heterocycles. The van der Waals surface area contributed by atoms with Crippen LogP contribution in [-0.4, -0.2) is 32.4 Å². The first kappa shape index (κ1) is 12.9. The molecule has 0 aliphatic carbocycles. The highest BCUT2D eigenvalue weighted by atomic mass is 16.5. The molecule has 1 aromatic rings. The lowest BCUT2D eigenvalue weighted by atomic mass is 9.84. The Balaban J connectivity index is 1.79. The highest BCUT2D eigenvalue weighted by Gasteiger charge is 2.37. The van der Waals surface area contributed by atoms with E-state index in [2.05, 4.69) is 30.4 Å². The highest BCUT2D eigenvalue weighted by molar-refractivity contribution is 5.40. The Hall–Kier alpha value is -1.06. The van der Waals surface area contributed by atoms with E-state index in [4.69, 9.17) is 9.47 Å². The Morgan fingerprint density at radius 2 is 2.21 bits per heavy atom. The first-order valence-corrected chi connectivity index (χ1v) is 7.43. The predicted octanol–water partition coefficient (Wildman–Crippen LogP) is 2.57. The number of rotatable bonds is 5. The molecular formula is C16H23NO2. The van der Waals surface area contributed by atoms with Gasteiger partial charge in [-0.3, -0.25) is 0 Å². The molecule has 2 heterocycles. The molecular weight excluding hydrogens is 238 g/mol. The summed E-state index contributed by atoms with van der Waals surface area (Å²) in [5.74, 6) is 2.15. The minimum atomic E-state index is 0.467. The molecule has 0 spiro atoms. The summed E-state index contributed by atoms with van der Waals surface area (Å²) < 4.78 is 11.4. The molecule has 3 heteroatoms. The molecule has 0 radical (unpaired) electrons. The highest BCUT2D eigenvalue weighted by Crippen LogP contribution is 2.38. The number of fused-ring (bicyclic) bond motifs is 1. The van der Waals surface area contributed by atoms with Crippen molar-refractivity contribution < 1.29 is 9.47 Å². The van der Waals surface area contributed by atoms with Crippen LogP contribution in [0.2, 0.25) is 0 Å². The standard InChI is InChI=1S/C16H23NO2/c1-2-8-17-16(12-7-9-18-10-12)14-11-19-15-6-4-3-5-13(14)15/h3-6,12,14,16-17H,2,7-11H2,1H3. The van der Waals surface area contributed by atoms with Crippen LogP contribution in [0.15, 0.2) is 24.3 Å². The van der Waals surface area contributed by atoms with Crippen molar-refractivity contribution in [2.45, 2.75) is 31.7 Å². The van der Waals surface area contributed by atoms with Crippen LogP contribution in [0.3, 0.4) is 0 Å². The van der Waals surface area contributed by atoms with Gasteiger partial charge in [-0.15, -0.1) is 0 Å². The summed E-state index contributed by atoms with van der Waals surface area (Å²) in [4.78, 5) is 0. The van der Waals surface area contributed by atoms with Gasteiger partial charge in [0, 0.05) is 30.0 Å². The maximum absolute atomic E-state index is 5.85. The van der Waals surface area contributed by atoms with Crippen molar-refractivity contribution in [1.82, 2.24) is 5.32 Å². The summed E-state index contributed by atoms with van der Waals surface area (Å²) in [6.07, 6.45) is 2.33. The Morgan fingerprint density at radius 1 is 1.32 bits per heavy atom. The second-order valence-electron chi connectivity index (χ2n) is 5.56. The number of hydrogen-bond donors (Lipinski definition) is 1. The van der Waals surface area contributed by atoms with E-state index in [0.29, 0.717) is 17.9 Å². The molecule has 0 amide bonds. The van der Waals surface area contributed by atoms with Gasteiger partial charge in [0.2, 0.25) is 0 Å². The van der Waals surface area contributed by atoms with Gasteiger partial charge in [-0.05, 0) is 25.5 Å². The van der Waals surface area contributed by atoms with Gasteiger partial charge in [-0.25, -0.2) is 0 Å². The first-order chi connectivity index (χ1) is 9.40. The van der Waals surface area contributed by atoms with Crippen LogP contribution in [-0.2, 0) is 4.74 Å². The average Bonchev–Trinajstić information content (AvgIpc) is 3.09. The summed E-state index contributed by atoms with van der Waals surface area (Å²) >= 11 is 0. The molecule has 1 fully saturated rings. The van der Waals surface area contributed by atoms with E-state index < -0.39 is 0 Å². The summed E-state index contributed by atoms with van der Waals surface area (Å²) in [6, 6.07) is 8.93. The number of nitrogens with one attached hydrogen (secondary N) is 1. The van der Waals surface area contributed by atoms with E-state index in [9.17, 15) is 0 Å². The van der Waals surface area contributed by atoms with Crippen molar-refractivity contribution in [1.29, 1.82) is 0 Å². The molecule has 1 N–H and O–H groups in total. The van der Waals surface area contributed by atoms with Gasteiger partial charge in [-0.1, -0.05) is 25.1 Å². The number of hydrogen-bond acceptors (Lipinski definition) is 3. The Morgan fingerprint density at radius 3 is 3.00 bits per heavy atom. The second kappa shape index (κ2) is 5.93. The summed E-state index contributed by atoms with van der Waals surface area (Å²) in [5, 5.41) is 3.73. The van der Waals surface area contributed by atoms with E-state index in [-0.39, 0.29) is 0 Å². The zero-order chi connectivity index (χ0) is 13.1. The maximum Gasteiger partial charge on any atom is 0.122 e. The van der Waals surface area contributed by atoms with Crippen LogP contribution in [0.4, 0.5) is 0 Å². The normalized spacial score (nSPS) is 27.0. The summed E-state index contributed by atoms with van der Waals surface area (Å²) in [6.45, 7) is 5.88. The van der Waals surface area contributed by atoms with E-state index in [1.165, 1.54) is 18.4 Å². The third-order valence-corrected chi connectivity index (χ3v) is 4.27. The SMILES string of the molecule is CCCNC(C1CCOC1)C1COc2ccccc21. The molecule has 1 aromatic carbocycles. The lowest BCUT2D eigenvalue weighted by molar-refractivity contribution is 0.168. The smallest absolute Gasteiger partial charge is 0.122 e. The topological polar surface area (TPSA) is 30.5 Å². The number of para-hydroxylation sites is 1. The van der Waals surface area contributed by atoms with Crippen LogP contribution in [0.5, 0.6) is 5.75 Å². The fourth-order valence-corrected chi connectivity index (χ4v) is 3.27. The van der Waals surface area contributed by atoms with Crippen LogP contribution in [0.25, 0.3) is 0 Å². The Labute approximate surface area is 115 Å². The van der Waals surface area contributed by atoms with Crippen molar-refractivity contribution in [3.05, 3.63) is 29.8 Å². The molecule has 3 rings (SSSR count). The van der Waals surface area contributed by atoms with Crippen molar-refractivity contribution in [3.8, 4) is 5.75 Å². The molecule has 0 bridgehead atoms. The number of benzene rings is 1. The van der Waals surface area contributed by atoms with Crippen molar-refractivity contribution in [2.75, 3.05) is 26.4 Å². The van der Waals surface area contributed by atoms with E-state index >= 15 is 0 Å². The predicted molar refractivity (Wildman–Crippen MR) is 75.7 cm³/mol. The van der Waals surface area contributed by atoms with Gasteiger partial charge in [0.25, 0.3) is 0 Å². The molecule has 0 saturated carbocycles. The monoisotopic (exact) mass is 261 g/mol. The lowest BCUT2D eigenvalue weighted by Crippen LogP contribution is -2.42. The van der Waals surface area contributed by atoms with E-state index in [1.54, 1.807) is 0 Å². The summed E-state index contributed by atoms with van der Waals surface area (Å²) in [5.41, 5.74) is 1.36. The zero-order valence-corrected chi connectivity index (χ0v) is 11.6. The first-order valence-electron chi connectivity index (χ1n) is 7.43. The Kier molecular flexibility index (Phi) is 4.04. The van der Waals surface area contributed by atoms with Crippen molar-refractivity contribution in [2.24, 2.45) is 5.92 Å². The molecule has 2 aliphatic heterocycles. The van der Waals surface area contributed by atoms with Crippen molar-refractivity contribution >= 4 is 0 Å². The van der Waals surface area contributed by atoms with Gasteiger partial charge < -0.3 is 14.8 Å². The van der Waals surface area contributed by atoms with Gasteiger partial charge >= 0.3 is 0 Å². The zero-order valence-electron chi connectivity index (χ0n) is 11.6. The second-order valence-corrected chi connectivity index (χ2v) is 5.56. The molecule has 19 heavy (non-hydrogen) atoms. The fourth-order valence-electron chi connectivity index (χ4n) is 3.27. The molecule has 3 unspecified atom stereocenters. The van der Waals surface area contributed by atoms with Crippen LogP contribution >= 0.6 is 0 Å². The average molecular weight is 261 g/mol. The fraction of sp³-hybridized carbons (Fsp3) is 0.625. The molecule has 104 valence electrons. The molecule has 2 aliphatic rings. The van der Waals surface area contributed by atoms with Gasteiger partial charge in [-0.2, -0.15) is 0 Å². The molecule has 0 aromatic heterocycles. The molecule has 3 atom stereocenters. The van der Waals surface area contributed by atoms with E-state index in [0.717, 1.165) is 32.1 Å². The minimum Gasteiger partial charge on any atom is -0.493 e. The maximum atomic E-state index is 5.85. The van der Waals surface area contributed by atoms with Crippen molar-refractivity contribution in [3.63, 3.8) is 0 Å². The number of ether oxygens (including phenoxy) is 2. The summed E-state index contributed by atoms with van der Waals surface area (Å²) in [7, 11) is 0. The third kappa shape index (κ3) is 2.63. The Bertz CT molecular complexity index is 415. The van der Waals surface area contributed by atoms with Gasteiger partial charge in [0.1, 0.15) is 5.75 Å². The van der Waals surface area contributed by atoms with Gasteiger partial charge in [0.05, 0.1) is 13.2 Å². The lowest BCUT2D eigenvalue weighted by Gasteiger charge is -2.28. The van der Waals surface area contributed by atoms with Crippen LogP contribution in [0.1, 0.15) is 31.2 Å². The quantitative estimate of drug-likeness (QED) is 0.883. The van der Waals surface area contributed by atoms with Crippen LogP contribution in [0, 0.1) is 5.92 Å². The minimum absolute atomic E-state index is 0.467. The third-order valence-electron chi connectivity index (χ3n) is 4.27. The largest absolute Gasteiger partial charge is 0.493 e. The van der Waals surface area contributed by atoms with Crippen LogP contribution < -0.4 is 10.1 Å². The van der Waals surface area contributed by atoms with Gasteiger partial charge in [0.15, 0.2) is 0 Å². The van der Waals surface area contributed by atoms with E-state index in [1.807, 2.05) is 6.07 Å².